The van der Waals surface area contributed by atoms with E-state index in [1.165, 1.54) is 12.3 Å². The van der Waals surface area contributed by atoms with Crippen molar-refractivity contribution in [3.05, 3.63) is 47.7 Å². The van der Waals surface area contributed by atoms with Gasteiger partial charge in [-0.05, 0) is 36.6 Å². The van der Waals surface area contributed by atoms with E-state index in [4.69, 9.17) is 5.84 Å². The average molecular weight is 306 g/mol. The van der Waals surface area contributed by atoms with Crippen molar-refractivity contribution in [3.63, 3.8) is 0 Å². The number of pyridine rings is 1. The van der Waals surface area contributed by atoms with Gasteiger partial charge in [-0.25, -0.2) is 19.2 Å². The highest BCUT2D eigenvalue weighted by Crippen LogP contribution is 2.26. The molecule has 0 unspecified atom stereocenters. The fraction of sp³-hybridized carbons (Fsp3) is 0.214. The van der Waals surface area contributed by atoms with Crippen LogP contribution < -0.4 is 16.0 Å². The lowest BCUT2D eigenvalue weighted by molar-refractivity contribution is 0.601. The van der Waals surface area contributed by atoms with Crippen LogP contribution in [0.25, 0.3) is 0 Å². The maximum Gasteiger partial charge on any atom is 0.265 e. The summed E-state index contributed by atoms with van der Waals surface area (Å²) in [5.74, 6) is 5.43. The first-order valence-electron chi connectivity index (χ1n) is 6.52. The molecule has 0 saturated heterocycles. The first kappa shape index (κ1) is 15.3. The molecular weight excluding hydrogens is 288 g/mol. The zero-order valence-corrected chi connectivity index (χ0v) is 12.7. The Labute approximate surface area is 124 Å². The number of nitrogens with one attached hydrogen (secondary N) is 2. The van der Waals surface area contributed by atoms with Gasteiger partial charge < -0.3 is 5.43 Å². The quantitative estimate of drug-likeness (QED) is 0.580. The molecular formula is C14H18N4O2S. The zero-order valence-electron chi connectivity index (χ0n) is 11.9. The summed E-state index contributed by atoms with van der Waals surface area (Å²) in [5, 5.41) is 0. The fourth-order valence-electron chi connectivity index (χ4n) is 2.07. The molecule has 0 atom stereocenters. The summed E-state index contributed by atoms with van der Waals surface area (Å²) in [5.41, 5.74) is 4.70. The normalized spacial score (nSPS) is 11.2. The number of hydrazine groups is 1. The van der Waals surface area contributed by atoms with Crippen molar-refractivity contribution in [2.24, 2.45) is 5.84 Å². The Balaban J connectivity index is 2.48. The molecule has 0 fully saturated rings. The number of nitrogens with two attached hydrogens (primary N) is 1. The zero-order chi connectivity index (χ0) is 15.5. The van der Waals surface area contributed by atoms with E-state index < -0.39 is 10.0 Å². The number of sulfonamides is 1. The van der Waals surface area contributed by atoms with Crippen LogP contribution in [-0.4, -0.2) is 13.4 Å². The summed E-state index contributed by atoms with van der Waals surface area (Å²) >= 11 is 0. The summed E-state index contributed by atoms with van der Waals surface area (Å²) in [6.07, 6.45) is 2.20. The van der Waals surface area contributed by atoms with Crippen LogP contribution in [0.1, 0.15) is 18.1 Å². The number of benzene rings is 1. The summed E-state index contributed by atoms with van der Waals surface area (Å²) in [6.45, 7) is 3.84. The maximum absolute atomic E-state index is 12.6. The number of rotatable bonds is 5. The van der Waals surface area contributed by atoms with E-state index in [-0.39, 0.29) is 10.7 Å². The highest BCUT2D eigenvalue weighted by Gasteiger charge is 2.20. The van der Waals surface area contributed by atoms with Crippen LogP contribution >= 0.6 is 0 Å². The van der Waals surface area contributed by atoms with Crippen molar-refractivity contribution in [1.82, 2.24) is 4.98 Å². The van der Waals surface area contributed by atoms with E-state index in [1.807, 2.05) is 32.0 Å². The van der Waals surface area contributed by atoms with Crippen molar-refractivity contribution in [3.8, 4) is 0 Å². The average Bonchev–Trinajstić information content (AvgIpc) is 2.49. The monoisotopic (exact) mass is 306 g/mol. The molecule has 4 N–H and O–H groups in total. The van der Waals surface area contributed by atoms with Crippen LogP contribution in [0.5, 0.6) is 0 Å². The minimum atomic E-state index is -3.77. The fourth-order valence-corrected chi connectivity index (χ4v) is 3.37. The predicted octanol–water partition coefficient (Wildman–Crippen LogP) is 2.04. The van der Waals surface area contributed by atoms with Crippen molar-refractivity contribution in [1.29, 1.82) is 0 Å². The number of nitrogen functional groups attached to an aromatic ring is 1. The second kappa shape index (κ2) is 6.11. The predicted molar refractivity (Wildman–Crippen MR) is 83.4 cm³/mol. The second-order valence-electron chi connectivity index (χ2n) is 4.56. The standard InChI is InChI=1S/C14H18N4O2S/c1-3-11-7-4-6-10(2)13(11)18-21(19,20)12-8-5-9-16-14(12)17-15/h4-9,18H,3,15H2,1-2H3,(H,16,17). The first-order valence-corrected chi connectivity index (χ1v) is 8.01. The number of para-hydroxylation sites is 1. The van der Waals surface area contributed by atoms with Gasteiger partial charge >= 0.3 is 0 Å². The van der Waals surface area contributed by atoms with Crippen molar-refractivity contribution in [2.45, 2.75) is 25.2 Å². The van der Waals surface area contributed by atoms with Crippen LogP contribution in [-0.2, 0) is 16.4 Å². The molecule has 112 valence electrons. The molecule has 0 aliphatic carbocycles. The van der Waals surface area contributed by atoms with E-state index in [9.17, 15) is 8.42 Å². The lowest BCUT2D eigenvalue weighted by Gasteiger charge is -2.15. The maximum atomic E-state index is 12.6. The van der Waals surface area contributed by atoms with E-state index in [0.29, 0.717) is 5.69 Å². The number of hydrogen-bond donors (Lipinski definition) is 3. The smallest absolute Gasteiger partial charge is 0.265 e. The topological polar surface area (TPSA) is 97.1 Å². The molecule has 1 aromatic heterocycles. The third kappa shape index (κ3) is 3.14. The van der Waals surface area contributed by atoms with Crippen LogP contribution in [0.4, 0.5) is 11.5 Å². The van der Waals surface area contributed by atoms with Gasteiger partial charge in [0.05, 0.1) is 5.69 Å². The molecule has 2 aromatic rings. The Morgan fingerprint density at radius 3 is 2.67 bits per heavy atom. The van der Waals surface area contributed by atoms with Gasteiger partial charge in [0.15, 0.2) is 5.82 Å². The van der Waals surface area contributed by atoms with E-state index in [2.05, 4.69) is 15.1 Å². The molecule has 0 aliphatic rings. The molecule has 0 amide bonds. The number of nitrogens with zero attached hydrogens (tertiary/aromatic N) is 1. The molecule has 7 heteroatoms. The van der Waals surface area contributed by atoms with Gasteiger partial charge in [-0.15, -0.1) is 0 Å². The van der Waals surface area contributed by atoms with E-state index in [0.717, 1.165) is 17.5 Å². The Kier molecular flexibility index (Phi) is 4.44. The second-order valence-corrected chi connectivity index (χ2v) is 6.21. The molecule has 0 aliphatic heterocycles. The van der Waals surface area contributed by atoms with Gasteiger partial charge in [-0.1, -0.05) is 25.1 Å². The number of anilines is 2. The Hall–Kier alpha value is -2.12. The van der Waals surface area contributed by atoms with Crippen molar-refractivity contribution < 1.29 is 8.42 Å². The van der Waals surface area contributed by atoms with E-state index in [1.54, 1.807) is 6.07 Å². The Morgan fingerprint density at radius 2 is 2.00 bits per heavy atom. The molecule has 1 heterocycles. The molecule has 21 heavy (non-hydrogen) atoms. The summed E-state index contributed by atoms with van der Waals surface area (Å²) in [6, 6.07) is 8.67. The number of aryl methyl sites for hydroxylation is 2. The van der Waals surface area contributed by atoms with Crippen LogP contribution in [0.3, 0.4) is 0 Å². The van der Waals surface area contributed by atoms with Crippen LogP contribution in [0.15, 0.2) is 41.4 Å². The molecule has 0 saturated carbocycles. The minimum Gasteiger partial charge on any atom is -0.307 e. The number of aromatic nitrogens is 1. The van der Waals surface area contributed by atoms with E-state index >= 15 is 0 Å². The minimum absolute atomic E-state index is 0.0119. The summed E-state index contributed by atoms with van der Waals surface area (Å²) in [4.78, 5) is 3.93. The van der Waals surface area contributed by atoms with Gasteiger partial charge in [0.1, 0.15) is 4.90 Å². The lowest BCUT2D eigenvalue weighted by atomic mass is 10.1. The molecule has 2 rings (SSSR count). The molecule has 0 bridgehead atoms. The highest BCUT2D eigenvalue weighted by molar-refractivity contribution is 7.92. The largest absolute Gasteiger partial charge is 0.307 e. The van der Waals surface area contributed by atoms with Gasteiger partial charge in [-0.3, -0.25) is 4.72 Å². The lowest BCUT2D eigenvalue weighted by Crippen LogP contribution is -2.19. The van der Waals surface area contributed by atoms with Crippen molar-refractivity contribution in [2.75, 3.05) is 10.1 Å². The Morgan fingerprint density at radius 1 is 1.24 bits per heavy atom. The summed E-state index contributed by atoms with van der Waals surface area (Å²) in [7, 11) is -3.77. The summed E-state index contributed by atoms with van der Waals surface area (Å²) < 4.78 is 27.7. The van der Waals surface area contributed by atoms with Crippen LogP contribution in [0.2, 0.25) is 0 Å². The molecule has 6 nitrogen and oxygen atoms in total. The van der Waals surface area contributed by atoms with Gasteiger partial charge in [-0.2, -0.15) is 0 Å². The first-order chi connectivity index (χ1) is 9.99. The molecule has 1 aromatic carbocycles. The third-order valence-electron chi connectivity index (χ3n) is 3.17. The SMILES string of the molecule is CCc1cccc(C)c1NS(=O)(=O)c1cccnc1NN. The molecule has 0 spiro atoms. The van der Waals surface area contributed by atoms with Gasteiger partial charge in [0.25, 0.3) is 10.0 Å². The Bertz CT molecular complexity index is 744. The third-order valence-corrected chi connectivity index (χ3v) is 4.55. The van der Waals surface area contributed by atoms with Gasteiger partial charge in [0, 0.05) is 6.20 Å². The number of hydrogen-bond acceptors (Lipinski definition) is 5. The van der Waals surface area contributed by atoms with Gasteiger partial charge in [0.2, 0.25) is 0 Å². The van der Waals surface area contributed by atoms with Crippen molar-refractivity contribution >= 4 is 21.5 Å². The van der Waals surface area contributed by atoms with Crippen LogP contribution in [0, 0.1) is 6.92 Å². The highest BCUT2D eigenvalue weighted by atomic mass is 32.2. The molecule has 0 radical (unpaired) electrons.